The van der Waals surface area contributed by atoms with Gasteiger partial charge in [0.05, 0.1) is 0 Å². The Labute approximate surface area is 110 Å². The molecule has 4 bridgehead atoms. The molecule has 0 amide bonds. The van der Waals surface area contributed by atoms with Gasteiger partial charge in [-0.1, -0.05) is 0 Å². The first-order chi connectivity index (χ1) is 8.85. The van der Waals surface area contributed by atoms with Crippen LogP contribution in [0.5, 0.6) is 0 Å². The van der Waals surface area contributed by atoms with E-state index in [9.17, 15) is 4.79 Å². The predicted octanol–water partition coefficient (Wildman–Crippen LogP) is 3.53. The van der Waals surface area contributed by atoms with Crippen molar-refractivity contribution in [3.63, 3.8) is 0 Å². The molecule has 98 valence electrons. The van der Waals surface area contributed by atoms with E-state index in [1.807, 2.05) is 0 Å². The van der Waals surface area contributed by atoms with Crippen LogP contribution in [0.4, 0.5) is 0 Å². The topological polar surface area (TPSA) is 17.1 Å². The van der Waals surface area contributed by atoms with Crippen LogP contribution in [0.25, 0.3) is 0 Å². The molecule has 0 radical (unpaired) electrons. The van der Waals surface area contributed by atoms with Crippen molar-refractivity contribution < 1.29 is 4.79 Å². The van der Waals surface area contributed by atoms with Crippen LogP contribution in [-0.4, -0.2) is 6.29 Å². The molecule has 0 spiro atoms. The number of fused-ring (bicyclic) bond motifs is 11. The SMILES string of the molecule is O=CC1CC2CC(C1)C1C2CC2C3CCC(C3)C21. The van der Waals surface area contributed by atoms with Crippen molar-refractivity contribution in [1.29, 1.82) is 0 Å². The largest absolute Gasteiger partial charge is 0.303 e. The predicted molar refractivity (Wildman–Crippen MR) is 69.8 cm³/mol. The Morgan fingerprint density at radius 1 is 0.667 bits per heavy atom. The van der Waals surface area contributed by atoms with E-state index in [0.717, 1.165) is 47.3 Å². The molecule has 0 saturated heterocycles. The molecule has 0 aromatic rings. The molecule has 5 rings (SSSR count). The second kappa shape index (κ2) is 3.41. The smallest absolute Gasteiger partial charge is 0.123 e. The van der Waals surface area contributed by atoms with Crippen molar-refractivity contribution in [3.05, 3.63) is 0 Å². The Morgan fingerprint density at radius 2 is 1.33 bits per heavy atom. The van der Waals surface area contributed by atoms with Crippen LogP contribution in [0.15, 0.2) is 0 Å². The molecule has 5 aliphatic carbocycles. The highest BCUT2D eigenvalue weighted by Gasteiger charge is 2.62. The standard InChI is InChI=1S/C17H24O/c18-8-9-3-12-6-13(4-9)17-15(12)7-14-10-1-2-11(5-10)16(14)17/h8-17H,1-7H2. The fourth-order valence-corrected chi connectivity index (χ4v) is 7.56. The zero-order chi connectivity index (χ0) is 11.9. The summed E-state index contributed by atoms with van der Waals surface area (Å²) in [5.41, 5.74) is 0. The molecule has 0 heterocycles. The van der Waals surface area contributed by atoms with Crippen molar-refractivity contribution in [1.82, 2.24) is 0 Å². The van der Waals surface area contributed by atoms with Gasteiger partial charge in [-0.2, -0.15) is 0 Å². The number of rotatable bonds is 1. The van der Waals surface area contributed by atoms with Gasteiger partial charge in [-0.25, -0.2) is 0 Å². The Bertz CT molecular complexity index is 389. The third-order valence-electron chi connectivity index (χ3n) is 7.80. The summed E-state index contributed by atoms with van der Waals surface area (Å²) >= 11 is 0. The minimum Gasteiger partial charge on any atom is -0.303 e. The maximum Gasteiger partial charge on any atom is 0.123 e. The van der Waals surface area contributed by atoms with Gasteiger partial charge in [0.2, 0.25) is 0 Å². The molecule has 5 fully saturated rings. The highest BCUT2D eigenvalue weighted by atomic mass is 16.1. The molecular formula is C17H24O. The van der Waals surface area contributed by atoms with Gasteiger partial charge >= 0.3 is 0 Å². The summed E-state index contributed by atoms with van der Waals surface area (Å²) in [6, 6.07) is 0. The first kappa shape index (κ1) is 10.5. The molecule has 5 aliphatic rings. The van der Waals surface area contributed by atoms with Crippen molar-refractivity contribution >= 4 is 6.29 Å². The van der Waals surface area contributed by atoms with Gasteiger partial charge in [-0.05, 0) is 92.3 Å². The zero-order valence-electron chi connectivity index (χ0n) is 11.1. The Hall–Kier alpha value is -0.330. The lowest BCUT2D eigenvalue weighted by atomic mass is 9.71. The minimum atomic E-state index is 0.427. The monoisotopic (exact) mass is 244 g/mol. The lowest BCUT2D eigenvalue weighted by Gasteiger charge is -2.33. The Morgan fingerprint density at radius 3 is 2.22 bits per heavy atom. The number of carbonyl (C=O) groups excluding carboxylic acids is 1. The molecule has 0 aliphatic heterocycles. The van der Waals surface area contributed by atoms with Crippen molar-refractivity contribution in [3.8, 4) is 0 Å². The average molecular weight is 244 g/mol. The summed E-state index contributed by atoms with van der Waals surface area (Å²) in [4.78, 5) is 11.2. The fourth-order valence-electron chi connectivity index (χ4n) is 7.56. The second-order valence-corrected chi connectivity index (χ2v) is 8.17. The van der Waals surface area contributed by atoms with Crippen LogP contribution >= 0.6 is 0 Å². The summed E-state index contributed by atoms with van der Waals surface area (Å²) in [5.74, 6) is 8.85. The number of hydrogen-bond acceptors (Lipinski definition) is 1. The summed E-state index contributed by atoms with van der Waals surface area (Å²) in [7, 11) is 0. The van der Waals surface area contributed by atoms with E-state index in [0.29, 0.717) is 5.92 Å². The van der Waals surface area contributed by atoms with Gasteiger partial charge in [0.15, 0.2) is 0 Å². The molecule has 0 N–H and O–H groups in total. The molecule has 1 heteroatoms. The molecule has 5 saturated carbocycles. The van der Waals surface area contributed by atoms with Gasteiger partial charge < -0.3 is 4.79 Å². The number of carbonyl (C=O) groups is 1. The maximum absolute atomic E-state index is 11.2. The lowest BCUT2D eigenvalue weighted by molar-refractivity contribution is -0.112. The lowest BCUT2D eigenvalue weighted by Crippen LogP contribution is -2.27. The zero-order valence-corrected chi connectivity index (χ0v) is 11.1. The van der Waals surface area contributed by atoms with E-state index in [-0.39, 0.29) is 0 Å². The summed E-state index contributed by atoms with van der Waals surface area (Å²) in [6.45, 7) is 0. The van der Waals surface area contributed by atoms with E-state index in [2.05, 4.69) is 0 Å². The van der Waals surface area contributed by atoms with E-state index in [1.165, 1.54) is 25.5 Å². The van der Waals surface area contributed by atoms with Crippen LogP contribution in [0.3, 0.4) is 0 Å². The minimum absolute atomic E-state index is 0.427. The highest BCUT2D eigenvalue weighted by Crippen LogP contribution is 2.70. The quantitative estimate of drug-likeness (QED) is 0.645. The van der Waals surface area contributed by atoms with Crippen molar-refractivity contribution in [2.45, 2.75) is 44.9 Å². The number of hydrogen-bond donors (Lipinski definition) is 0. The summed E-state index contributed by atoms with van der Waals surface area (Å²) < 4.78 is 0. The van der Waals surface area contributed by atoms with Crippen molar-refractivity contribution in [2.24, 2.45) is 53.3 Å². The fraction of sp³-hybridized carbons (Fsp3) is 0.941. The first-order valence-corrected chi connectivity index (χ1v) is 8.30. The number of aldehydes is 1. The van der Waals surface area contributed by atoms with Gasteiger partial charge in [0.25, 0.3) is 0 Å². The summed E-state index contributed by atoms with van der Waals surface area (Å²) in [5, 5.41) is 0. The van der Waals surface area contributed by atoms with Gasteiger partial charge in [-0.3, -0.25) is 0 Å². The van der Waals surface area contributed by atoms with Gasteiger partial charge in [0.1, 0.15) is 6.29 Å². The average Bonchev–Trinajstić information content (AvgIpc) is 3.10. The van der Waals surface area contributed by atoms with E-state index in [1.54, 1.807) is 25.7 Å². The molecule has 0 aromatic heterocycles. The maximum atomic E-state index is 11.2. The molecule has 0 aromatic carbocycles. The Balaban J connectivity index is 1.49. The molecule has 9 unspecified atom stereocenters. The van der Waals surface area contributed by atoms with Crippen LogP contribution < -0.4 is 0 Å². The van der Waals surface area contributed by atoms with Crippen LogP contribution in [0, 0.1) is 53.3 Å². The second-order valence-electron chi connectivity index (χ2n) is 8.17. The molecular weight excluding hydrogens is 220 g/mol. The molecule has 9 atom stereocenters. The third kappa shape index (κ3) is 1.13. The molecule has 1 nitrogen and oxygen atoms in total. The van der Waals surface area contributed by atoms with E-state index in [4.69, 9.17) is 0 Å². The highest BCUT2D eigenvalue weighted by molar-refractivity contribution is 5.54. The summed E-state index contributed by atoms with van der Waals surface area (Å²) in [6.07, 6.45) is 11.5. The first-order valence-electron chi connectivity index (χ1n) is 8.30. The molecule has 18 heavy (non-hydrogen) atoms. The van der Waals surface area contributed by atoms with Gasteiger partial charge in [0, 0.05) is 5.92 Å². The van der Waals surface area contributed by atoms with Crippen LogP contribution in [0.1, 0.15) is 44.9 Å². The van der Waals surface area contributed by atoms with E-state index < -0.39 is 0 Å². The van der Waals surface area contributed by atoms with Crippen LogP contribution in [0.2, 0.25) is 0 Å². The van der Waals surface area contributed by atoms with E-state index >= 15 is 0 Å². The normalized spacial score (nSPS) is 63.9. The van der Waals surface area contributed by atoms with Gasteiger partial charge in [-0.15, -0.1) is 0 Å². The van der Waals surface area contributed by atoms with Crippen LogP contribution in [-0.2, 0) is 4.79 Å². The Kier molecular flexibility index (Phi) is 1.98. The van der Waals surface area contributed by atoms with Crippen molar-refractivity contribution in [2.75, 3.05) is 0 Å². The third-order valence-corrected chi connectivity index (χ3v) is 7.80.